The third-order valence-electron chi connectivity index (χ3n) is 15.4. The van der Waals surface area contributed by atoms with Gasteiger partial charge in [-0.3, -0.25) is 9.97 Å². The highest BCUT2D eigenvalue weighted by molar-refractivity contribution is 7.99. The molecule has 9 aromatic carbocycles. The normalized spacial score (nSPS) is 14.8. The first-order valence-electron chi connectivity index (χ1n) is 24.2. The van der Waals surface area contributed by atoms with Gasteiger partial charge in [0.25, 0.3) is 0 Å². The van der Waals surface area contributed by atoms with Crippen LogP contribution in [0.1, 0.15) is 22.3 Å². The summed E-state index contributed by atoms with van der Waals surface area (Å²) in [5.41, 5.74) is 18.7. The molecule has 0 fully saturated rings. The van der Waals surface area contributed by atoms with Gasteiger partial charge in [-0.05, 0) is 119 Å². The van der Waals surface area contributed by atoms with Crippen LogP contribution in [0.15, 0.2) is 247 Å². The van der Waals surface area contributed by atoms with Gasteiger partial charge in [-0.15, -0.1) is 0 Å². The number of pyridine rings is 2. The molecule has 71 heavy (non-hydrogen) atoms. The second-order valence-corrected chi connectivity index (χ2v) is 20.0. The largest absolute Gasteiger partial charge is 0.309 e. The predicted octanol–water partition coefficient (Wildman–Crippen LogP) is 16.3. The summed E-state index contributed by atoms with van der Waals surface area (Å²) >= 11 is 1.86. The first-order chi connectivity index (χ1) is 35.2. The summed E-state index contributed by atoms with van der Waals surface area (Å²) in [6, 6.07) is 82.6. The number of para-hydroxylation sites is 5. The van der Waals surface area contributed by atoms with Gasteiger partial charge < -0.3 is 13.7 Å². The molecular formula is C65H39N5S. The van der Waals surface area contributed by atoms with E-state index in [4.69, 9.17) is 9.97 Å². The Morgan fingerprint density at radius 2 is 0.789 bits per heavy atom. The number of hydrogen-bond donors (Lipinski definition) is 0. The lowest BCUT2D eigenvalue weighted by atomic mass is 9.67. The van der Waals surface area contributed by atoms with Crippen molar-refractivity contribution in [1.29, 1.82) is 0 Å². The molecule has 0 saturated carbocycles. The third-order valence-corrected chi connectivity index (χ3v) is 16.5. The van der Waals surface area contributed by atoms with Crippen LogP contribution in [0.25, 0.3) is 105 Å². The lowest BCUT2D eigenvalue weighted by Gasteiger charge is -2.39. The number of aromatic nitrogens is 5. The molecule has 330 valence electrons. The number of nitrogens with zero attached hydrogens (tertiary/aromatic N) is 5. The maximum absolute atomic E-state index is 5.39. The summed E-state index contributed by atoms with van der Waals surface area (Å²) in [6.45, 7) is 0. The van der Waals surface area contributed by atoms with E-state index in [1.165, 1.54) is 86.4 Å². The SMILES string of the molecule is c1cc(-n2c3ccccc3c3ccccc32)cc(-n2c3ccccc3c3cc(-c4ccc5c(c4)C4(c6ccccc6S5)c5cccnc5-c5ncc(-n6c7ccccc7c7ccccc76)cc54)ccc32)c1. The van der Waals surface area contributed by atoms with Crippen molar-refractivity contribution in [2.45, 2.75) is 15.2 Å². The van der Waals surface area contributed by atoms with Gasteiger partial charge >= 0.3 is 0 Å². The number of benzene rings is 9. The smallest absolute Gasteiger partial charge is 0.0939 e. The molecule has 5 nitrogen and oxygen atoms in total. The third kappa shape index (κ3) is 5.26. The van der Waals surface area contributed by atoms with Crippen molar-refractivity contribution in [1.82, 2.24) is 23.7 Å². The highest BCUT2D eigenvalue weighted by Crippen LogP contribution is 2.62. The molecule has 1 aliphatic carbocycles. The summed E-state index contributed by atoms with van der Waals surface area (Å²) < 4.78 is 7.22. The Labute approximate surface area is 412 Å². The van der Waals surface area contributed by atoms with Crippen LogP contribution in [0.5, 0.6) is 0 Å². The first kappa shape index (κ1) is 38.9. The summed E-state index contributed by atoms with van der Waals surface area (Å²) in [5, 5.41) is 7.41. The Morgan fingerprint density at radius 1 is 0.310 bits per heavy atom. The van der Waals surface area contributed by atoms with Gasteiger partial charge in [-0.2, -0.15) is 0 Å². The summed E-state index contributed by atoms with van der Waals surface area (Å²) in [4.78, 5) is 13.0. The van der Waals surface area contributed by atoms with Crippen molar-refractivity contribution < 1.29 is 0 Å². The summed E-state index contributed by atoms with van der Waals surface area (Å²) in [6.07, 6.45) is 3.96. The zero-order valence-corrected chi connectivity index (χ0v) is 39.0. The highest BCUT2D eigenvalue weighted by Gasteiger charge is 2.52. The molecule has 0 bridgehead atoms. The predicted molar refractivity (Wildman–Crippen MR) is 292 cm³/mol. The van der Waals surface area contributed by atoms with Crippen LogP contribution in [0.2, 0.25) is 0 Å². The van der Waals surface area contributed by atoms with Crippen molar-refractivity contribution in [3.8, 4) is 39.6 Å². The van der Waals surface area contributed by atoms with E-state index in [1.807, 2.05) is 24.2 Å². The lowest BCUT2D eigenvalue weighted by molar-refractivity contribution is 0.719. The minimum absolute atomic E-state index is 0.671. The lowest BCUT2D eigenvalue weighted by Crippen LogP contribution is -2.32. The zero-order valence-electron chi connectivity index (χ0n) is 38.2. The number of rotatable bonds is 4. The standard InChI is InChI=1S/C65H39N5S/c1-7-24-55-45(17-1)46-18-2-8-25-56(46)68(55)42-15-13-16-43(37-42)69-59-28-11-5-21-49(59)50-35-40(30-32-60(50)69)41-31-33-62-53(36-41)65(51-22-6-12-29-61(51)71-62)52-23-14-34-66-63(52)64-54(65)38-44(39-67-64)70-57-26-9-3-19-47(57)48-20-4-10-27-58(48)70/h1-39H. The second kappa shape index (κ2) is 14.5. The van der Waals surface area contributed by atoms with Gasteiger partial charge in [0, 0.05) is 65.2 Å². The van der Waals surface area contributed by atoms with E-state index in [-0.39, 0.29) is 0 Å². The van der Waals surface area contributed by atoms with E-state index in [0.29, 0.717) is 0 Å². The second-order valence-electron chi connectivity index (χ2n) is 18.9. The minimum atomic E-state index is -0.671. The van der Waals surface area contributed by atoms with Crippen molar-refractivity contribution in [3.05, 3.63) is 259 Å². The summed E-state index contributed by atoms with van der Waals surface area (Å²) in [5.74, 6) is 0. The maximum Gasteiger partial charge on any atom is 0.0939 e. The monoisotopic (exact) mass is 921 g/mol. The molecule has 0 saturated heterocycles. The van der Waals surface area contributed by atoms with Gasteiger partial charge in [-0.25, -0.2) is 0 Å². The van der Waals surface area contributed by atoms with Crippen LogP contribution in [0.4, 0.5) is 0 Å². The van der Waals surface area contributed by atoms with Gasteiger partial charge in [-0.1, -0.05) is 145 Å². The molecule has 16 rings (SSSR count). The van der Waals surface area contributed by atoms with Crippen LogP contribution < -0.4 is 0 Å². The fourth-order valence-electron chi connectivity index (χ4n) is 12.5. The van der Waals surface area contributed by atoms with Crippen molar-refractivity contribution >= 4 is 77.2 Å². The van der Waals surface area contributed by atoms with Crippen LogP contribution in [0, 0.1) is 0 Å². The van der Waals surface area contributed by atoms with Crippen LogP contribution >= 0.6 is 11.8 Å². The van der Waals surface area contributed by atoms with Gasteiger partial charge in [0.15, 0.2) is 0 Å². The molecule has 0 radical (unpaired) electrons. The quantitative estimate of drug-likeness (QED) is 0.177. The molecule has 6 heterocycles. The Bertz CT molecular complexity index is 4480. The van der Waals surface area contributed by atoms with Gasteiger partial charge in [0.1, 0.15) is 0 Å². The van der Waals surface area contributed by atoms with E-state index in [0.717, 1.165) is 50.6 Å². The molecule has 1 atom stereocenters. The fourth-order valence-corrected chi connectivity index (χ4v) is 13.7. The Balaban J connectivity index is 0.893. The first-order valence-corrected chi connectivity index (χ1v) is 25.0. The molecule has 5 aromatic heterocycles. The highest BCUT2D eigenvalue weighted by atomic mass is 32.2. The Kier molecular flexibility index (Phi) is 7.97. The van der Waals surface area contributed by atoms with E-state index in [9.17, 15) is 0 Å². The van der Waals surface area contributed by atoms with Crippen LogP contribution in [0.3, 0.4) is 0 Å². The average Bonchev–Trinajstić information content (AvgIpc) is 4.15. The van der Waals surface area contributed by atoms with Crippen molar-refractivity contribution in [2.75, 3.05) is 0 Å². The van der Waals surface area contributed by atoms with E-state index in [1.54, 1.807) is 0 Å². The molecule has 1 aliphatic heterocycles. The fraction of sp³-hybridized carbons (Fsp3) is 0.0154. The molecule has 1 unspecified atom stereocenters. The molecule has 6 heteroatoms. The van der Waals surface area contributed by atoms with Gasteiger partial charge in [0.2, 0.25) is 0 Å². The van der Waals surface area contributed by atoms with Gasteiger partial charge in [0.05, 0.1) is 61.8 Å². The molecule has 0 N–H and O–H groups in total. The molecular weight excluding hydrogens is 883 g/mol. The molecule has 0 amide bonds. The molecule has 2 aliphatic rings. The average molecular weight is 922 g/mol. The minimum Gasteiger partial charge on any atom is -0.309 e. The Hall–Kier alpha value is -8.97. The topological polar surface area (TPSA) is 40.6 Å². The zero-order chi connectivity index (χ0) is 46.4. The van der Waals surface area contributed by atoms with Crippen LogP contribution in [-0.4, -0.2) is 23.7 Å². The molecule has 14 aromatic rings. The maximum atomic E-state index is 5.39. The van der Waals surface area contributed by atoms with Crippen molar-refractivity contribution in [3.63, 3.8) is 0 Å². The van der Waals surface area contributed by atoms with E-state index in [2.05, 4.69) is 238 Å². The molecule has 1 spiro atoms. The van der Waals surface area contributed by atoms with Crippen LogP contribution in [-0.2, 0) is 5.41 Å². The van der Waals surface area contributed by atoms with E-state index < -0.39 is 5.41 Å². The Morgan fingerprint density at radius 3 is 1.42 bits per heavy atom. The number of fused-ring (bicyclic) bond motifs is 18. The summed E-state index contributed by atoms with van der Waals surface area (Å²) in [7, 11) is 0. The number of hydrogen-bond acceptors (Lipinski definition) is 3. The van der Waals surface area contributed by atoms with E-state index >= 15 is 0 Å². The van der Waals surface area contributed by atoms with Crippen molar-refractivity contribution in [2.24, 2.45) is 0 Å².